The van der Waals surface area contributed by atoms with E-state index < -0.39 is 6.04 Å². The van der Waals surface area contributed by atoms with Crippen LogP contribution in [0.25, 0.3) is 0 Å². The van der Waals surface area contributed by atoms with Crippen LogP contribution in [0.2, 0.25) is 0 Å². The van der Waals surface area contributed by atoms with Crippen molar-refractivity contribution in [2.24, 2.45) is 5.92 Å². The molecule has 108 valence electrons. The Hall–Kier alpha value is -1.19. The Morgan fingerprint density at radius 2 is 1.68 bits per heavy atom. The van der Waals surface area contributed by atoms with E-state index in [1.807, 2.05) is 6.92 Å². The van der Waals surface area contributed by atoms with Crippen LogP contribution < -0.4 is 0 Å². The van der Waals surface area contributed by atoms with Crippen molar-refractivity contribution in [1.29, 1.82) is 0 Å². The molecular formula is C15H25NO3. The summed E-state index contributed by atoms with van der Waals surface area (Å²) in [5.41, 5.74) is 0. The van der Waals surface area contributed by atoms with Gasteiger partial charge in [-0.25, -0.2) is 0 Å². The molecule has 0 aromatic rings. The van der Waals surface area contributed by atoms with E-state index in [0.29, 0.717) is 6.54 Å². The van der Waals surface area contributed by atoms with Crippen molar-refractivity contribution in [3.8, 4) is 0 Å². The van der Waals surface area contributed by atoms with Gasteiger partial charge in [-0.2, -0.15) is 0 Å². The molecule has 19 heavy (non-hydrogen) atoms. The van der Waals surface area contributed by atoms with Gasteiger partial charge in [0.25, 0.3) is 0 Å². The highest BCUT2D eigenvalue weighted by molar-refractivity contribution is 5.92. The van der Waals surface area contributed by atoms with Crippen molar-refractivity contribution in [1.82, 2.24) is 4.90 Å². The summed E-state index contributed by atoms with van der Waals surface area (Å²) in [5, 5.41) is 0. The monoisotopic (exact) mass is 267 g/mol. The molecular weight excluding hydrogens is 242 g/mol. The van der Waals surface area contributed by atoms with E-state index in [-0.39, 0.29) is 29.8 Å². The number of likely N-dealkylation sites (N-methyl/N-ethyl adjacent to an activating group) is 1. The molecule has 4 nitrogen and oxygen atoms in total. The molecule has 4 heteroatoms. The maximum atomic E-state index is 12.5. The number of hydrogen-bond donors (Lipinski definition) is 0. The Kier molecular flexibility index (Phi) is 6.19. The highest BCUT2D eigenvalue weighted by atomic mass is 16.2. The molecule has 1 atom stereocenters. The number of nitrogens with zero attached hydrogens (tertiary/aromatic N) is 1. The Balaban J connectivity index is 2.79. The van der Waals surface area contributed by atoms with Crippen LogP contribution in [0.1, 0.15) is 59.3 Å². The lowest BCUT2D eigenvalue weighted by molar-refractivity contribution is -0.144. The largest absolute Gasteiger partial charge is 0.332 e. The molecule has 0 aromatic carbocycles. The molecule has 0 N–H and O–H groups in total. The summed E-state index contributed by atoms with van der Waals surface area (Å²) in [7, 11) is 0. The molecule has 0 radical (unpaired) electrons. The topological polar surface area (TPSA) is 54.5 Å². The lowest BCUT2D eigenvalue weighted by atomic mass is 9.87. The van der Waals surface area contributed by atoms with Gasteiger partial charge in [0.05, 0.1) is 6.04 Å². The Labute approximate surface area is 115 Å². The van der Waals surface area contributed by atoms with Gasteiger partial charge in [0.2, 0.25) is 5.91 Å². The van der Waals surface area contributed by atoms with Crippen molar-refractivity contribution in [3.05, 3.63) is 0 Å². The van der Waals surface area contributed by atoms with Crippen LogP contribution >= 0.6 is 0 Å². The van der Waals surface area contributed by atoms with Crippen molar-refractivity contribution < 1.29 is 14.4 Å². The fraction of sp³-hybridized carbons (Fsp3) is 0.800. The van der Waals surface area contributed by atoms with E-state index in [0.717, 1.165) is 25.7 Å². The van der Waals surface area contributed by atoms with Crippen LogP contribution in [0.5, 0.6) is 0 Å². The normalized spacial score (nSPS) is 17.8. The molecule has 1 rings (SSSR count). The number of hydrogen-bond acceptors (Lipinski definition) is 3. The first-order valence-electron chi connectivity index (χ1n) is 7.27. The Morgan fingerprint density at radius 1 is 1.11 bits per heavy atom. The summed E-state index contributed by atoms with van der Waals surface area (Å²) in [5.74, 6) is -0.0394. The summed E-state index contributed by atoms with van der Waals surface area (Å²) < 4.78 is 0. The lowest BCUT2D eigenvalue weighted by Gasteiger charge is -2.33. The van der Waals surface area contributed by atoms with Gasteiger partial charge >= 0.3 is 0 Å². The average molecular weight is 267 g/mol. The Morgan fingerprint density at radius 3 is 2.11 bits per heavy atom. The van der Waals surface area contributed by atoms with Crippen LogP contribution in [0.4, 0.5) is 0 Å². The SMILES string of the molecule is CCN(C(=O)C1CCCCC1)C(CC(C)=O)C(C)=O. The molecule has 1 aliphatic rings. The van der Waals surface area contributed by atoms with E-state index in [9.17, 15) is 14.4 Å². The predicted molar refractivity (Wildman–Crippen MR) is 73.7 cm³/mol. The van der Waals surface area contributed by atoms with Crippen molar-refractivity contribution in [2.45, 2.75) is 65.3 Å². The third kappa shape index (κ3) is 4.44. The van der Waals surface area contributed by atoms with Gasteiger partial charge in [-0.1, -0.05) is 19.3 Å². The van der Waals surface area contributed by atoms with E-state index in [1.165, 1.54) is 20.3 Å². The molecule has 0 bridgehead atoms. The van der Waals surface area contributed by atoms with Crippen LogP contribution in [-0.2, 0) is 14.4 Å². The minimum Gasteiger partial charge on any atom is -0.332 e. The second-order valence-electron chi connectivity index (χ2n) is 5.49. The van der Waals surface area contributed by atoms with Gasteiger partial charge in [-0.05, 0) is 33.6 Å². The summed E-state index contributed by atoms with van der Waals surface area (Å²) in [4.78, 5) is 37.1. The van der Waals surface area contributed by atoms with E-state index in [1.54, 1.807) is 4.90 Å². The highest BCUT2D eigenvalue weighted by Crippen LogP contribution is 2.26. The molecule has 1 saturated carbocycles. The molecule has 0 aromatic heterocycles. The fourth-order valence-electron chi connectivity index (χ4n) is 2.86. The number of ketones is 2. The van der Waals surface area contributed by atoms with Crippen LogP contribution in [0, 0.1) is 5.92 Å². The first kappa shape index (κ1) is 15.9. The predicted octanol–water partition coefficient (Wildman–Crippen LogP) is 2.35. The molecule has 0 aliphatic heterocycles. The smallest absolute Gasteiger partial charge is 0.226 e. The van der Waals surface area contributed by atoms with Crippen molar-refractivity contribution in [3.63, 3.8) is 0 Å². The van der Waals surface area contributed by atoms with Gasteiger partial charge in [0.1, 0.15) is 5.78 Å². The van der Waals surface area contributed by atoms with Gasteiger partial charge < -0.3 is 4.90 Å². The zero-order chi connectivity index (χ0) is 14.4. The van der Waals surface area contributed by atoms with Crippen LogP contribution in [0.15, 0.2) is 0 Å². The molecule has 0 saturated heterocycles. The highest BCUT2D eigenvalue weighted by Gasteiger charge is 2.32. The van der Waals surface area contributed by atoms with Crippen molar-refractivity contribution >= 4 is 17.5 Å². The standard InChI is InChI=1S/C15H25NO3/c1-4-16(14(12(3)18)10-11(2)17)15(19)13-8-6-5-7-9-13/h13-14H,4-10H2,1-3H3. The summed E-state index contributed by atoms with van der Waals surface area (Å²) in [6.45, 7) is 5.29. The second-order valence-corrected chi connectivity index (χ2v) is 5.49. The fourth-order valence-corrected chi connectivity index (χ4v) is 2.86. The number of Topliss-reactive ketones (excluding diaryl/α,β-unsaturated/α-hetero) is 2. The third-order valence-corrected chi connectivity index (χ3v) is 3.90. The van der Waals surface area contributed by atoms with Crippen LogP contribution in [0.3, 0.4) is 0 Å². The minimum atomic E-state index is -0.572. The van der Waals surface area contributed by atoms with Crippen molar-refractivity contribution in [2.75, 3.05) is 6.54 Å². The lowest BCUT2D eigenvalue weighted by Crippen LogP contribution is -2.47. The first-order valence-corrected chi connectivity index (χ1v) is 7.27. The summed E-state index contributed by atoms with van der Waals surface area (Å²) in [6.07, 6.45) is 5.35. The molecule has 1 amide bonds. The maximum absolute atomic E-state index is 12.5. The molecule has 0 spiro atoms. The van der Waals surface area contributed by atoms with E-state index in [2.05, 4.69) is 0 Å². The molecule has 1 fully saturated rings. The van der Waals surface area contributed by atoms with Gasteiger partial charge in [-0.15, -0.1) is 0 Å². The average Bonchev–Trinajstić information content (AvgIpc) is 2.38. The zero-order valence-electron chi connectivity index (χ0n) is 12.3. The summed E-state index contributed by atoms with van der Waals surface area (Å²) in [6, 6.07) is -0.572. The first-order chi connectivity index (χ1) is 8.97. The number of amides is 1. The van der Waals surface area contributed by atoms with E-state index >= 15 is 0 Å². The molecule has 1 unspecified atom stereocenters. The van der Waals surface area contributed by atoms with Crippen LogP contribution in [-0.4, -0.2) is 35.0 Å². The number of rotatable bonds is 6. The summed E-state index contributed by atoms with van der Waals surface area (Å²) >= 11 is 0. The number of carbonyl (C=O) groups excluding carboxylic acids is 3. The second kappa shape index (κ2) is 7.41. The van der Waals surface area contributed by atoms with E-state index in [4.69, 9.17) is 0 Å². The minimum absolute atomic E-state index is 0.0440. The quantitative estimate of drug-likeness (QED) is 0.742. The third-order valence-electron chi connectivity index (χ3n) is 3.90. The number of carbonyl (C=O) groups is 3. The zero-order valence-corrected chi connectivity index (χ0v) is 12.3. The molecule has 0 heterocycles. The van der Waals surface area contributed by atoms with Gasteiger partial charge in [-0.3, -0.25) is 14.4 Å². The van der Waals surface area contributed by atoms with Gasteiger partial charge in [0.15, 0.2) is 5.78 Å². The Bertz CT molecular complexity index is 345. The molecule has 1 aliphatic carbocycles. The van der Waals surface area contributed by atoms with Gasteiger partial charge in [0, 0.05) is 18.9 Å². The maximum Gasteiger partial charge on any atom is 0.226 e.